The second-order valence-electron chi connectivity index (χ2n) is 4.20. The van der Waals surface area contributed by atoms with Crippen LogP contribution in [-0.2, 0) is 0 Å². The molecule has 3 rings (SSSR count). The molecule has 2 aromatic heterocycles. The third kappa shape index (κ3) is 3.74. The van der Waals surface area contributed by atoms with Crippen molar-refractivity contribution in [1.29, 1.82) is 0 Å². The van der Waals surface area contributed by atoms with Gasteiger partial charge in [-0.1, -0.05) is 34.1 Å². The van der Waals surface area contributed by atoms with Crippen molar-refractivity contribution in [2.75, 3.05) is 5.43 Å². The molecule has 0 bridgehead atoms. The lowest BCUT2D eigenvalue weighted by Crippen LogP contribution is -1.90. The van der Waals surface area contributed by atoms with Crippen LogP contribution in [0.3, 0.4) is 0 Å². The van der Waals surface area contributed by atoms with Crippen molar-refractivity contribution in [3.8, 4) is 11.3 Å². The van der Waals surface area contributed by atoms with E-state index in [1.165, 1.54) is 11.3 Å². The molecule has 0 aliphatic carbocycles. The van der Waals surface area contributed by atoms with Crippen LogP contribution in [0.15, 0.2) is 63.7 Å². The Hall–Kier alpha value is -2.05. The second kappa shape index (κ2) is 6.60. The van der Waals surface area contributed by atoms with Gasteiger partial charge in [-0.25, -0.2) is 4.98 Å². The van der Waals surface area contributed by atoms with Gasteiger partial charge in [0.1, 0.15) is 0 Å². The van der Waals surface area contributed by atoms with Gasteiger partial charge in [0.05, 0.1) is 11.9 Å². The summed E-state index contributed by atoms with van der Waals surface area (Å²) in [7, 11) is 0. The molecule has 0 unspecified atom stereocenters. The summed E-state index contributed by atoms with van der Waals surface area (Å²) >= 11 is 4.95. The fourth-order valence-electron chi connectivity index (χ4n) is 1.69. The molecule has 0 radical (unpaired) electrons. The van der Waals surface area contributed by atoms with Gasteiger partial charge in [-0.2, -0.15) is 5.10 Å². The molecule has 2 heterocycles. The van der Waals surface area contributed by atoms with Crippen LogP contribution < -0.4 is 5.43 Å². The molecule has 6 heteroatoms. The summed E-state index contributed by atoms with van der Waals surface area (Å²) in [4.78, 5) is 8.53. The van der Waals surface area contributed by atoms with E-state index in [1.807, 2.05) is 41.8 Å². The molecule has 1 N–H and O–H groups in total. The smallest absolute Gasteiger partial charge is 0.203 e. The number of benzene rings is 1. The average molecular weight is 359 g/mol. The fraction of sp³-hybridized carbons (Fsp3) is 0. The number of nitrogens with zero attached hydrogens (tertiary/aromatic N) is 3. The number of thiazole rings is 1. The van der Waals surface area contributed by atoms with E-state index in [0.717, 1.165) is 26.4 Å². The highest BCUT2D eigenvalue weighted by atomic mass is 79.9. The van der Waals surface area contributed by atoms with Crippen LogP contribution in [0.25, 0.3) is 11.3 Å². The van der Waals surface area contributed by atoms with Gasteiger partial charge >= 0.3 is 0 Å². The Bertz CT molecular complexity index is 738. The number of hydrazone groups is 1. The fourth-order valence-corrected chi connectivity index (χ4v) is 2.63. The lowest BCUT2D eigenvalue weighted by atomic mass is 10.2. The predicted molar refractivity (Wildman–Crippen MR) is 90.7 cm³/mol. The van der Waals surface area contributed by atoms with Crippen LogP contribution in [-0.4, -0.2) is 16.2 Å². The van der Waals surface area contributed by atoms with Crippen molar-refractivity contribution in [2.45, 2.75) is 0 Å². The third-order valence-corrected chi connectivity index (χ3v) is 3.98. The van der Waals surface area contributed by atoms with Crippen molar-refractivity contribution in [3.05, 3.63) is 64.2 Å². The number of pyridine rings is 1. The monoisotopic (exact) mass is 358 g/mol. The molecule has 0 aliphatic heterocycles. The van der Waals surface area contributed by atoms with Crippen molar-refractivity contribution in [3.63, 3.8) is 0 Å². The van der Waals surface area contributed by atoms with Gasteiger partial charge in [0, 0.05) is 33.4 Å². The summed E-state index contributed by atoms with van der Waals surface area (Å²) in [5, 5.41) is 6.92. The Labute approximate surface area is 134 Å². The van der Waals surface area contributed by atoms with E-state index in [4.69, 9.17) is 0 Å². The Kier molecular flexibility index (Phi) is 4.37. The van der Waals surface area contributed by atoms with E-state index in [0.29, 0.717) is 0 Å². The minimum Gasteiger partial charge on any atom is -0.264 e. The summed E-state index contributed by atoms with van der Waals surface area (Å²) in [5.41, 5.74) is 5.89. The van der Waals surface area contributed by atoms with E-state index >= 15 is 0 Å². The first kappa shape index (κ1) is 13.9. The number of hydrogen-bond acceptors (Lipinski definition) is 5. The predicted octanol–water partition coefficient (Wildman–Crippen LogP) is 4.41. The van der Waals surface area contributed by atoms with Crippen LogP contribution in [0, 0.1) is 0 Å². The SMILES string of the molecule is Brc1ccc(-c2csc(N/N=C\c3cccnc3)n2)cc1. The summed E-state index contributed by atoms with van der Waals surface area (Å²) in [6, 6.07) is 11.9. The van der Waals surface area contributed by atoms with Crippen molar-refractivity contribution >= 4 is 38.6 Å². The van der Waals surface area contributed by atoms with Crippen LogP contribution in [0.2, 0.25) is 0 Å². The van der Waals surface area contributed by atoms with Gasteiger partial charge in [0.25, 0.3) is 0 Å². The standard InChI is InChI=1S/C15H11BrN4S/c16-13-5-3-12(4-6-13)14-10-21-15(19-14)20-18-9-11-2-1-7-17-8-11/h1-10H,(H,19,20)/b18-9-. The third-order valence-electron chi connectivity index (χ3n) is 2.70. The number of halogens is 1. The summed E-state index contributed by atoms with van der Waals surface area (Å²) in [6.07, 6.45) is 5.20. The Balaban J connectivity index is 1.68. The number of hydrogen-bond donors (Lipinski definition) is 1. The van der Waals surface area contributed by atoms with Gasteiger partial charge in [-0.3, -0.25) is 10.4 Å². The maximum absolute atomic E-state index is 4.50. The lowest BCUT2D eigenvalue weighted by Gasteiger charge is -1.96. The second-order valence-corrected chi connectivity index (χ2v) is 5.97. The Morgan fingerprint density at radius 1 is 1.19 bits per heavy atom. The highest BCUT2D eigenvalue weighted by Gasteiger charge is 2.03. The Morgan fingerprint density at radius 3 is 2.81 bits per heavy atom. The minimum absolute atomic E-state index is 0.757. The van der Waals surface area contributed by atoms with Crippen LogP contribution in [0.1, 0.15) is 5.56 Å². The highest BCUT2D eigenvalue weighted by Crippen LogP contribution is 2.25. The molecule has 0 saturated heterocycles. The molecule has 1 aromatic carbocycles. The maximum atomic E-state index is 4.50. The molecule has 0 spiro atoms. The maximum Gasteiger partial charge on any atom is 0.203 e. The zero-order valence-corrected chi connectivity index (χ0v) is 13.3. The summed E-state index contributed by atoms with van der Waals surface area (Å²) in [6.45, 7) is 0. The van der Waals surface area contributed by atoms with E-state index < -0.39 is 0 Å². The molecule has 104 valence electrons. The van der Waals surface area contributed by atoms with E-state index in [1.54, 1.807) is 18.6 Å². The van der Waals surface area contributed by atoms with Gasteiger partial charge in [-0.15, -0.1) is 11.3 Å². The van der Waals surface area contributed by atoms with Crippen molar-refractivity contribution < 1.29 is 0 Å². The van der Waals surface area contributed by atoms with E-state index in [9.17, 15) is 0 Å². The van der Waals surface area contributed by atoms with Gasteiger partial charge < -0.3 is 0 Å². The van der Waals surface area contributed by atoms with Crippen molar-refractivity contribution in [2.24, 2.45) is 5.10 Å². The van der Waals surface area contributed by atoms with Crippen LogP contribution >= 0.6 is 27.3 Å². The van der Waals surface area contributed by atoms with Gasteiger partial charge in [0.15, 0.2) is 0 Å². The lowest BCUT2D eigenvalue weighted by molar-refractivity contribution is 1.28. The largest absolute Gasteiger partial charge is 0.264 e. The normalized spacial score (nSPS) is 10.9. The number of rotatable bonds is 4. The molecule has 3 aromatic rings. The molecule has 21 heavy (non-hydrogen) atoms. The summed E-state index contributed by atoms with van der Waals surface area (Å²) in [5.74, 6) is 0. The molecule has 0 fully saturated rings. The van der Waals surface area contributed by atoms with E-state index in [-0.39, 0.29) is 0 Å². The van der Waals surface area contributed by atoms with Gasteiger partial charge in [-0.05, 0) is 18.2 Å². The van der Waals surface area contributed by atoms with E-state index in [2.05, 4.69) is 36.4 Å². The van der Waals surface area contributed by atoms with Crippen LogP contribution in [0.5, 0.6) is 0 Å². The zero-order valence-electron chi connectivity index (χ0n) is 10.9. The summed E-state index contributed by atoms with van der Waals surface area (Å²) < 4.78 is 1.06. The Morgan fingerprint density at radius 2 is 2.05 bits per heavy atom. The first-order chi connectivity index (χ1) is 10.3. The molecular formula is C15H11BrN4S. The van der Waals surface area contributed by atoms with Gasteiger partial charge in [0.2, 0.25) is 5.13 Å². The number of aromatic nitrogens is 2. The average Bonchev–Trinajstić information content (AvgIpc) is 2.98. The first-order valence-electron chi connectivity index (χ1n) is 6.22. The first-order valence-corrected chi connectivity index (χ1v) is 7.89. The zero-order chi connectivity index (χ0) is 14.5. The molecule has 0 atom stereocenters. The quantitative estimate of drug-likeness (QED) is 0.554. The number of anilines is 1. The highest BCUT2D eigenvalue weighted by molar-refractivity contribution is 9.10. The molecular weight excluding hydrogens is 348 g/mol. The number of nitrogens with one attached hydrogen (secondary N) is 1. The molecule has 0 saturated carbocycles. The topological polar surface area (TPSA) is 50.2 Å². The molecule has 0 amide bonds. The van der Waals surface area contributed by atoms with Crippen molar-refractivity contribution in [1.82, 2.24) is 9.97 Å². The van der Waals surface area contributed by atoms with Crippen LogP contribution in [0.4, 0.5) is 5.13 Å². The minimum atomic E-state index is 0.757. The molecule has 4 nitrogen and oxygen atoms in total. The molecule has 0 aliphatic rings.